The zero-order chi connectivity index (χ0) is 18.4. The Labute approximate surface area is 153 Å². The molecule has 0 radical (unpaired) electrons. The van der Waals surface area contributed by atoms with E-state index in [1.54, 1.807) is 0 Å². The lowest BCUT2D eigenvalue weighted by atomic mass is 9.98. The second-order valence-electron chi connectivity index (χ2n) is 6.85. The molecule has 0 bridgehead atoms. The molecule has 2 amide bonds. The fourth-order valence-electron chi connectivity index (χ4n) is 3.23. The SMILES string of the molecule is CCc1nc2ccc(NC(=O)NCC(O)COC3CCCCC3)cc2[nH]1. The van der Waals surface area contributed by atoms with Gasteiger partial charge >= 0.3 is 6.03 Å². The summed E-state index contributed by atoms with van der Waals surface area (Å²) >= 11 is 0. The molecule has 7 heteroatoms. The van der Waals surface area contributed by atoms with Gasteiger partial charge in [-0.1, -0.05) is 26.2 Å². The molecule has 0 saturated heterocycles. The molecular weight excluding hydrogens is 332 g/mol. The second-order valence-corrected chi connectivity index (χ2v) is 6.85. The number of carbonyl (C=O) groups is 1. The number of anilines is 1. The zero-order valence-corrected chi connectivity index (χ0v) is 15.3. The summed E-state index contributed by atoms with van der Waals surface area (Å²) in [6.45, 7) is 2.45. The van der Waals surface area contributed by atoms with E-state index >= 15 is 0 Å². The summed E-state index contributed by atoms with van der Waals surface area (Å²) < 4.78 is 5.72. The van der Waals surface area contributed by atoms with Gasteiger partial charge in [-0.15, -0.1) is 0 Å². The van der Waals surface area contributed by atoms with E-state index < -0.39 is 6.10 Å². The minimum atomic E-state index is -0.704. The first-order valence-corrected chi connectivity index (χ1v) is 9.47. The van der Waals surface area contributed by atoms with Gasteiger partial charge in [0, 0.05) is 18.7 Å². The van der Waals surface area contributed by atoms with E-state index in [2.05, 4.69) is 20.6 Å². The van der Waals surface area contributed by atoms with Gasteiger partial charge in [-0.3, -0.25) is 0 Å². The third-order valence-electron chi connectivity index (χ3n) is 4.70. The first kappa shape index (κ1) is 18.7. The highest BCUT2D eigenvalue weighted by atomic mass is 16.5. The van der Waals surface area contributed by atoms with Crippen LogP contribution < -0.4 is 10.6 Å². The Kier molecular flexibility index (Phi) is 6.46. The van der Waals surface area contributed by atoms with Crippen LogP contribution in [0.15, 0.2) is 18.2 Å². The molecule has 2 aromatic rings. The number of aromatic nitrogens is 2. The molecule has 7 nitrogen and oxygen atoms in total. The number of hydrogen-bond acceptors (Lipinski definition) is 4. The molecule has 1 heterocycles. The predicted octanol–water partition coefficient (Wildman–Crippen LogP) is 2.96. The Balaban J connectivity index is 1.41. The van der Waals surface area contributed by atoms with Crippen LogP contribution in [0.4, 0.5) is 10.5 Å². The van der Waals surface area contributed by atoms with Gasteiger partial charge in [0.15, 0.2) is 0 Å². The average molecular weight is 360 g/mol. The van der Waals surface area contributed by atoms with Gasteiger partial charge in [0.2, 0.25) is 0 Å². The van der Waals surface area contributed by atoms with Crippen LogP contribution in [0.1, 0.15) is 44.9 Å². The van der Waals surface area contributed by atoms with Crippen LogP contribution in [-0.2, 0) is 11.2 Å². The number of benzene rings is 1. The van der Waals surface area contributed by atoms with Crippen LogP contribution in [0.25, 0.3) is 11.0 Å². The van der Waals surface area contributed by atoms with Gasteiger partial charge in [0.1, 0.15) is 5.82 Å². The Hall–Kier alpha value is -2.12. The Morgan fingerprint density at radius 2 is 2.19 bits per heavy atom. The summed E-state index contributed by atoms with van der Waals surface area (Å²) in [4.78, 5) is 19.7. The standard InChI is InChI=1S/C19H28N4O3/c1-2-18-22-16-9-8-13(10-17(16)23-18)21-19(25)20-11-14(24)12-26-15-6-4-3-5-7-15/h8-10,14-15,24H,2-7,11-12H2,1H3,(H,22,23)(H2,20,21,25). The number of ether oxygens (including phenoxy) is 1. The molecule has 1 aliphatic carbocycles. The number of rotatable bonds is 7. The smallest absolute Gasteiger partial charge is 0.319 e. The van der Waals surface area contributed by atoms with Gasteiger partial charge in [-0.2, -0.15) is 0 Å². The highest BCUT2D eigenvalue weighted by Gasteiger charge is 2.16. The molecular formula is C19H28N4O3. The van der Waals surface area contributed by atoms with E-state index in [-0.39, 0.29) is 25.3 Å². The number of imidazole rings is 1. The second kappa shape index (κ2) is 9.00. The van der Waals surface area contributed by atoms with Crippen molar-refractivity contribution in [2.45, 2.75) is 57.7 Å². The maximum absolute atomic E-state index is 12.0. The molecule has 1 aromatic carbocycles. The summed E-state index contributed by atoms with van der Waals surface area (Å²) in [6.07, 6.45) is 6.18. The van der Waals surface area contributed by atoms with E-state index in [1.807, 2.05) is 25.1 Å². The number of nitrogens with zero attached hydrogens (tertiary/aromatic N) is 1. The lowest BCUT2D eigenvalue weighted by Gasteiger charge is -2.23. The van der Waals surface area contributed by atoms with Gasteiger partial charge in [0.25, 0.3) is 0 Å². The molecule has 1 saturated carbocycles. The number of aliphatic hydroxyl groups excluding tert-OH is 1. The maximum atomic E-state index is 12.0. The molecule has 1 aromatic heterocycles. The molecule has 4 N–H and O–H groups in total. The zero-order valence-electron chi connectivity index (χ0n) is 15.3. The highest BCUT2D eigenvalue weighted by Crippen LogP contribution is 2.20. The topological polar surface area (TPSA) is 99.3 Å². The summed E-state index contributed by atoms with van der Waals surface area (Å²) in [5.41, 5.74) is 2.44. The summed E-state index contributed by atoms with van der Waals surface area (Å²) in [7, 11) is 0. The number of amides is 2. The molecule has 1 aliphatic rings. The molecule has 1 unspecified atom stereocenters. The minimum Gasteiger partial charge on any atom is -0.389 e. The lowest BCUT2D eigenvalue weighted by Crippen LogP contribution is -2.38. The number of hydrogen-bond donors (Lipinski definition) is 4. The van der Waals surface area contributed by atoms with Crippen molar-refractivity contribution in [3.05, 3.63) is 24.0 Å². The number of aryl methyl sites for hydroxylation is 1. The van der Waals surface area contributed by atoms with Crippen molar-refractivity contribution < 1.29 is 14.6 Å². The molecule has 1 atom stereocenters. The minimum absolute atomic E-state index is 0.158. The van der Waals surface area contributed by atoms with Crippen LogP contribution in [-0.4, -0.2) is 46.5 Å². The quantitative estimate of drug-likeness (QED) is 0.610. The van der Waals surface area contributed by atoms with Crippen LogP contribution in [0, 0.1) is 0 Å². The maximum Gasteiger partial charge on any atom is 0.319 e. The van der Waals surface area contributed by atoms with E-state index in [4.69, 9.17) is 4.74 Å². The van der Waals surface area contributed by atoms with E-state index in [0.29, 0.717) is 5.69 Å². The summed E-state index contributed by atoms with van der Waals surface area (Å²) in [5.74, 6) is 0.919. The van der Waals surface area contributed by atoms with E-state index in [0.717, 1.165) is 36.1 Å². The Bertz CT molecular complexity index is 725. The van der Waals surface area contributed by atoms with Gasteiger partial charge in [-0.25, -0.2) is 9.78 Å². The fraction of sp³-hybridized carbons (Fsp3) is 0.579. The van der Waals surface area contributed by atoms with Crippen molar-refractivity contribution >= 4 is 22.8 Å². The Morgan fingerprint density at radius 1 is 1.38 bits per heavy atom. The molecule has 3 rings (SSSR count). The molecule has 0 aliphatic heterocycles. The Morgan fingerprint density at radius 3 is 2.96 bits per heavy atom. The average Bonchev–Trinajstić information content (AvgIpc) is 3.08. The number of nitrogens with one attached hydrogen (secondary N) is 3. The van der Waals surface area contributed by atoms with Crippen LogP contribution in [0.5, 0.6) is 0 Å². The molecule has 1 fully saturated rings. The van der Waals surface area contributed by atoms with Crippen molar-refractivity contribution in [1.29, 1.82) is 0 Å². The third kappa shape index (κ3) is 5.19. The van der Waals surface area contributed by atoms with Crippen LogP contribution in [0.2, 0.25) is 0 Å². The first-order valence-electron chi connectivity index (χ1n) is 9.47. The van der Waals surface area contributed by atoms with E-state index in [1.165, 1.54) is 19.3 Å². The highest BCUT2D eigenvalue weighted by molar-refractivity contribution is 5.91. The van der Waals surface area contributed by atoms with Gasteiger partial charge < -0.3 is 25.5 Å². The van der Waals surface area contributed by atoms with Crippen molar-refractivity contribution in [3.8, 4) is 0 Å². The lowest BCUT2D eigenvalue weighted by molar-refractivity contribution is -0.0221. The van der Waals surface area contributed by atoms with Gasteiger partial charge in [0.05, 0.1) is 29.8 Å². The van der Waals surface area contributed by atoms with Gasteiger partial charge in [-0.05, 0) is 31.0 Å². The monoisotopic (exact) mass is 360 g/mol. The summed E-state index contributed by atoms with van der Waals surface area (Å²) in [5, 5.41) is 15.4. The molecule has 26 heavy (non-hydrogen) atoms. The number of urea groups is 1. The van der Waals surface area contributed by atoms with Crippen LogP contribution >= 0.6 is 0 Å². The van der Waals surface area contributed by atoms with Crippen molar-refractivity contribution in [2.24, 2.45) is 0 Å². The van der Waals surface area contributed by atoms with Crippen molar-refractivity contribution in [2.75, 3.05) is 18.5 Å². The number of carbonyl (C=O) groups excluding carboxylic acids is 1. The summed E-state index contributed by atoms with van der Waals surface area (Å²) in [6, 6.07) is 5.18. The number of fused-ring (bicyclic) bond motifs is 1. The normalized spacial score (nSPS) is 16.5. The first-order chi connectivity index (χ1) is 12.6. The van der Waals surface area contributed by atoms with E-state index in [9.17, 15) is 9.90 Å². The molecule has 0 spiro atoms. The largest absolute Gasteiger partial charge is 0.389 e. The van der Waals surface area contributed by atoms with Crippen molar-refractivity contribution in [3.63, 3.8) is 0 Å². The third-order valence-corrected chi connectivity index (χ3v) is 4.70. The predicted molar refractivity (Wildman–Crippen MR) is 101 cm³/mol. The number of H-pyrrole nitrogens is 1. The number of aliphatic hydroxyl groups is 1. The number of aromatic amines is 1. The molecule has 142 valence electrons. The van der Waals surface area contributed by atoms with Crippen molar-refractivity contribution in [1.82, 2.24) is 15.3 Å². The van der Waals surface area contributed by atoms with Crippen LogP contribution in [0.3, 0.4) is 0 Å². The fourth-order valence-corrected chi connectivity index (χ4v) is 3.23.